The summed E-state index contributed by atoms with van der Waals surface area (Å²) < 4.78 is 31.2. The number of carboxylic acids is 1. The molecule has 0 aliphatic rings. The molecule has 22 heavy (non-hydrogen) atoms. The normalized spacial score (nSPS) is 11.6. The fourth-order valence-corrected chi connectivity index (χ4v) is 1.57. The minimum absolute atomic E-state index is 0.00506. The minimum Gasteiger partial charge on any atom is -0.488 e. The van der Waals surface area contributed by atoms with Crippen molar-refractivity contribution in [2.45, 2.75) is 25.8 Å². The topological polar surface area (TPSA) is 87.7 Å². The third-order valence-electron chi connectivity index (χ3n) is 2.61. The van der Waals surface area contributed by atoms with Crippen LogP contribution in [0.1, 0.15) is 19.8 Å². The maximum Gasteiger partial charge on any atom is 0.315 e. The van der Waals surface area contributed by atoms with Crippen molar-refractivity contribution < 1.29 is 28.2 Å². The second-order valence-electron chi connectivity index (χ2n) is 4.68. The van der Waals surface area contributed by atoms with Crippen LogP contribution in [0.2, 0.25) is 0 Å². The van der Waals surface area contributed by atoms with Gasteiger partial charge in [-0.3, -0.25) is 4.79 Å². The first kappa shape index (κ1) is 17.7. The van der Waals surface area contributed by atoms with E-state index in [9.17, 15) is 18.4 Å². The van der Waals surface area contributed by atoms with Gasteiger partial charge < -0.3 is 20.5 Å². The number of carbonyl (C=O) groups is 2. The SMILES string of the molecule is CC(COc1ccc(F)cc1F)NC(=O)NCCCC(=O)O. The highest BCUT2D eigenvalue weighted by molar-refractivity contribution is 5.74. The minimum atomic E-state index is -0.926. The van der Waals surface area contributed by atoms with Gasteiger partial charge in [-0.15, -0.1) is 0 Å². The molecule has 0 aliphatic heterocycles. The second-order valence-corrected chi connectivity index (χ2v) is 4.68. The van der Waals surface area contributed by atoms with Crippen LogP contribution in [-0.4, -0.2) is 36.3 Å². The van der Waals surface area contributed by atoms with Gasteiger partial charge in [0, 0.05) is 19.0 Å². The summed E-state index contributed by atoms with van der Waals surface area (Å²) >= 11 is 0. The summed E-state index contributed by atoms with van der Waals surface area (Å²) in [5.41, 5.74) is 0. The molecule has 122 valence electrons. The van der Waals surface area contributed by atoms with E-state index in [2.05, 4.69) is 10.6 Å². The largest absolute Gasteiger partial charge is 0.488 e. The molecule has 1 unspecified atom stereocenters. The van der Waals surface area contributed by atoms with Crippen LogP contribution in [0.15, 0.2) is 18.2 Å². The van der Waals surface area contributed by atoms with Crippen molar-refractivity contribution in [1.29, 1.82) is 0 Å². The lowest BCUT2D eigenvalue weighted by molar-refractivity contribution is -0.137. The average Bonchev–Trinajstić information content (AvgIpc) is 2.42. The van der Waals surface area contributed by atoms with E-state index in [1.807, 2.05) is 0 Å². The Kier molecular flexibility index (Phi) is 7.07. The van der Waals surface area contributed by atoms with Crippen LogP contribution in [0.3, 0.4) is 0 Å². The number of ether oxygens (including phenoxy) is 1. The number of aliphatic carboxylic acids is 1. The van der Waals surface area contributed by atoms with Crippen molar-refractivity contribution in [1.82, 2.24) is 10.6 Å². The van der Waals surface area contributed by atoms with Crippen LogP contribution in [0, 0.1) is 11.6 Å². The zero-order valence-corrected chi connectivity index (χ0v) is 12.1. The highest BCUT2D eigenvalue weighted by Gasteiger charge is 2.10. The molecular weight excluding hydrogens is 298 g/mol. The van der Waals surface area contributed by atoms with Gasteiger partial charge in [0.15, 0.2) is 11.6 Å². The van der Waals surface area contributed by atoms with Gasteiger partial charge in [-0.25, -0.2) is 13.6 Å². The summed E-state index contributed by atoms with van der Waals surface area (Å²) in [5, 5.41) is 13.5. The molecule has 0 radical (unpaired) electrons. The van der Waals surface area contributed by atoms with Crippen molar-refractivity contribution in [3.8, 4) is 5.75 Å². The van der Waals surface area contributed by atoms with E-state index in [1.165, 1.54) is 6.07 Å². The van der Waals surface area contributed by atoms with Crippen LogP contribution in [-0.2, 0) is 4.79 Å². The van der Waals surface area contributed by atoms with E-state index in [4.69, 9.17) is 9.84 Å². The lowest BCUT2D eigenvalue weighted by Gasteiger charge is -2.15. The summed E-state index contributed by atoms with van der Waals surface area (Å²) in [7, 11) is 0. The molecule has 0 heterocycles. The number of nitrogens with one attached hydrogen (secondary N) is 2. The Morgan fingerprint density at radius 3 is 2.73 bits per heavy atom. The van der Waals surface area contributed by atoms with Gasteiger partial charge >= 0.3 is 12.0 Å². The molecule has 0 spiro atoms. The molecule has 0 saturated heterocycles. The van der Waals surface area contributed by atoms with Crippen molar-refractivity contribution in [3.05, 3.63) is 29.8 Å². The van der Waals surface area contributed by atoms with Gasteiger partial charge in [0.05, 0.1) is 6.04 Å². The van der Waals surface area contributed by atoms with Gasteiger partial charge in [-0.2, -0.15) is 0 Å². The molecule has 0 aromatic heterocycles. The lowest BCUT2D eigenvalue weighted by atomic mass is 10.3. The molecule has 0 fully saturated rings. The zero-order valence-electron chi connectivity index (χ0n) is 12.1. The molecule has 6 nitrogen and oxygen atoms in total. The van der Waals surface area contributed by atoms with Crippen LogP contribution in [0.4, 0.5) is 13.6 Å². The molecule has 0 saturated carbocycles. The molecule has 2 amide bonds. The molecular formula is C14H18F2N2O4. The molecule has 1 rings (SSSR count). The first-order chi connectivity index (χ1) is 10.4. The Labute approximate surface area is 126 Å². The Hall–Kier alpha value is -2.38. The van der Waals surface area contributed by atoms with E-state index in [-0.39, 0.29) is 25.3 Å². The first-order valence-corrected chi connectivity index (χ1v) is 6.72. The molecule has 1 atom stereocenters. The monoisotopic (exact) mass is 316 g/mol. The predicted octanol–water partition coefficient (Wildman–Crippen LogP) is 1.90. The third-order valence-corrected chi connectivity index (χ3v) is 2.61. The number of carboxylic acid groups (broad SMARTS) is 1. The number of halogens is 2. The maximum atomic E-state index is 13.3. The standard InChI is InChI=1S/C14H18F2N2O4/c1-9(18-14(21)17-6-2-3-13(19)20)8-22-12-5-4-10(15)7-11(12)16/h4-5,7,9H,2-3,6,8H2,1H3,(H,19,20)(H2,17,18,21). The number of urea groups is 1. The number of hydrogen-bond donors (Lipinski definition) is 3. The highest BCUT2D eigenvalue weighted by atomic mass is 19.1. The van der Waals surface area contributed by atoms with E-state index >= 15 is 0 Å². The summed E-state index contributed by atoms with van der Waals surface area (Å²) in [5.74, 6) is -2.54. The summed E-state index contributed by atoms with van der Waals surface area (Å²) in [6.07, 6.45) is 0.303. The fraction of sp³-hybridized carbons (Fsp3) is 0.429. The van der Waals surface area contributed by atoms with Gasteiger partial charge in [0.2, 0.25) is 0 Å². The second kappa shape index (κ2) is 8.81. The number of carbonyl (C=O) groups excluding carboxylic acids is 1. The van der Waals surface area contributed by atoms with Crippen molar-refractivity contribution in [3.63, 3.8) is 0 Å². The molecule has 1 aromatic carbocycles. The van der Waals surface area contributed by atoms with Crippen molar-refractivity contribution >= 4 is 12.0 Å². The van der Waals surface area contributed by atoms with Crippen LogP contribution in [0.5, 0.6) is 5.75 Å². The Morgan fingerprint density at radius 1 is 1.36 bits per heavy atom. The zero-order chi connectivity index (χ0) is 16.5. The summed E-state index contributed by atoms with van der Waals surface area (Å²) in [6, 6.07) is 2.07. The number of benzene rings is 1. The van der Waals surface area contributed by atoms with Gasteiger partial charge in [-0.05, 0) is 25.5 Å². The molecule has 0 bridgehead atoms. The maximum absolute atomic E-state index is 13.3. The van der Waals surface area contributed by atoms with Crippen LogP contribution < -0.4 is 15.4 Å². The first-order valence-electron chi connectivity index (χ1n) is 6.72. The highest BCUT2D eigenvalue weighted by Crippen LogP contribution is 2.17. The fourth-order valence-electron chi connectivity index (χ4n) is 1.57. The van der Waals surface area contributed by atoms with E-state index < -0.39 is 29.7 Å². The lowest BCUT2D eigenvalue weighted by Crippen LogP contribution is -2.43. The molecule has 8 heteroatoms. The van der Waals surface area contributed by atoms with E-state index in [1.54, 1.807) is 6.92 Å². The van der Waals surface area contributed by atoms with E-state index in [0.717, 1.165) is 6.07 Å². The number of amides is 2. The Bertz CT molecular complexity index is 526. The summed E-state index contributed by atoms with van der Waals surface area (Å²) in [4.78, 5) is 21.8. The Balaban J connectivity index is 2.26. The van der Waals surface area contributed by atoms with E-state index in [0.29, 0.717) is 12.5 Å². The number of hydrogen-bond acceptors (Lipinski definition) is 3. The van der Waals surface area contributed by atoms with Gasteiger partial charge in [-0.1, -0.05) is 0 Å². The smallest absolute Gasteiger partial charge is 0.315 e. The molecule has 1 aromatic rings. The quantitative estimate of drug-likeness (QED) is 0.639. The Morgan fingerprint density at radius 2 is 2.09 bits per heavy atom. The van der Waals surface area contributed by atoms with Gasteiger partial charge in [0.1, 0.15) is 12.4 Å². The van der Waals surface area contributed by atoms with Crippen molar-refractivity contribution in [2.75, 3.05) is 13.2 Å². The molecule has 3 N–H and O–H groups in total. The summed E-state index contributed by atoms with van der Waals surface area (Å²) in [6.45, 7) is 1.89. The average molecular weight is 316 g/mol. The predicted molar refractivity (Wildman–Crippen MR) is 74.7 cm³/mol. The van der Waals surface area contributed by atoms with Gasteiger partial charge in [0.25, 0.3) is 0 Å². The van der Waals surface area contributed by atoms with Crippen LogP contribution in [0.25, 0.3) is 0 Å². The number of rotatable bonds is 8. The van der Waals surface area contributed by atoms with Crippen LogP contribution >= 0.6 is 0 Å². The van der Waals surface area contributed by atoms with Crippen molar-refractivity contribution in [2.24, 2.45) is 0 Å². The molecule has 0 aliphatic carbocycles. The third kappa shape index (κ3) is 6.87.